The number of carbonyl (C=O) groups excluding carboxylic acids is 2. The van der Waals surface area contributed by atoms with E-state index in [1.54, 1.807) is 30.3 Å². The monoisotopic (exact) mass is 478 g/mol. The second-order valence-electron chi connectivity index (χ2n) is 8.96. The van der Waals surface area contributed by atoms with Gasteiger partial charge in [0.15, 0.2) is 5.78 Å². The fraction of sp³-hybridized carbons (Fsp3) is 0.333. The van der Waals surface area contributed by atoms with Gasteiger partial charge in [0.25, 0.3) is 0 Å². The highest BCUT2D eigenvalue weighted by atomic mass is 35.5. The maximum atomic E-state index is 13.4. The first-order valence-corrected chi connectivity index (χ1v) is 11.1. The van der Waals surface area contributed by atoms with Crippen LogP contribution in [0.25, 0.3) is 0 Å². The summed E-state index contributed by atoms with van der Waals surface area (Å²) in [6.07, 6.45) is 4.40. The summed E-state index contributed by atoms with van der Waals surface area (Å²) < 4.78 is 0. The van der Waals surface area contributed by atoms with Crippen LogP contribution in [0.1, 0.15) is 50.0 Å². The van der Waals surface area contributed by atoms with Crippen LogP contribution in [0.2, 0.25) is 15.1 Å². The molecule has 7 heteroatoms. The highest BCUT2D eigenvalue weighted by Crippen LogP contribution is 2.34. The lowest BCUT2D eigenvalue weighted by atomic mass is 9.85. The van der Waals surface area contributed by atoms with Crippen LogP contribution in [-0.4, -0.2) is 22.1 Å². The second kappa shape index (κ2) is 8.85. The fourth-order valence-corrected chi connectivity index (χ4v) is 3.94. The molecule has 0 radical (unpaired) electrons. The normalized spacial score (nSPS) is 18.4. The van der Waals surface area contributed by atoms with E-state index >= 15 is 0 Å². The number of hydrogen-bond donors (Lipinski definition) is 1. The van der Waals surface area contributed by atoms with Gasteiger partial charge in [-0.1, -0.05) is 67.7 Å². The van der Waals surface area contributed by atoms with Gasteiger partial charge in [-0.2, -0.15) is 0 Å². The van der Waals surface area contributed by atoms with E-state index in [1.165, 1.54) is 0 Å². The summed E-state index contributed by atoms with van der Waals surface area (Å²) in [5.41, 5.74) is 0.363. The van der Waals surface area contributed by atoms with Crippen LogP contribution in [0.5, 0.6) is 0 Å². The number of nitrogens with one attached hydrogen (secondary N) is 1. The zero-order chi connectivity index (χ0) is 23.0. The molecule has 4 nitrogen and oxygen atoms in total. The summed E-state index contributed by atoms with van der Waals surface area (Å²) in [5.74, 6) is -0.296. The van der Waals surface area contributed by atoms with Crippen molar-refractivity contribution in [3.05, 3.63) is 74.9 Å². The molecule has 2 aromatic rings. The van der Waals surface area contributed by atoms with Crippen LogP contribution in [0.3, 0.4) is 0 Å². The van der Waals surface area contributed by atoms with Crippen LogP contribution in [0.15, 0.2) is 48.7 Å². The third kappa shape index (κ3) is 5.08. The molecule has 0 saturated heterocycles. The largest absolute Gasteiger partial charge is 0.359 e. The highest BCUT2D eigenvalue weighted by Gasteiger charge is 2.40. The minimum Gasteiger partial charge on any atom is -0.359 e. The van der Waals surface area contributed by atoms with Crippen molar-refractivity contribution in [1.29, 1.82) is 0 Å². The summed E-state index contributed by atoms with van der Waals surface area (Å²) in [5, 5.41) is 4.37. The van der Waals surface area contributed by atoms with Gasteiger partial charge in [0.05, 0.1) is 15.7 Å². The van der Waals surface area contributed by atoms with E-state index in [9.17, 15) is 9.59 Å². The van der Waals surface area contributed by atoms with Gasteiger partial charge >= 0.3 is 0 Å². The molecule has 1 aliphatic heterocycles. The number of carbonyl (C=O) groups is 2. The van der Waals surface area contributed by atoms with Gasteiger partial charge in [0, 0.05) is 22.5 Å². The smallest absolute Gasteiger partial charge is 0.250 e. The Bertz CT molecular complexity index is 1060. The number of anilines is 1. The molecule has 1 heterocycles. The van der Waals surface area contributed by atoms with Crippen LogP contribution < -0.4 is 5.32 Å². The Morgan fingerprint density at radius 2 is 1.77 bits per heavy atom. The Morgan fingerprint density at radius 3 is 2.42 bits per heavy atom. The van der Waals surface area contributed by atoms with E-state index in [-0.39, 0.29) is 11.7 Å². The molecule has 0 fully saturated rings. The molecule has 1 aliphatic rings. The van der Waals surface area contributed by atoms with E-state index in [0.29, 0.717) is 39.3 Å². The lowest BCUT2D eigenvalue weighted by Gasteiger charge is -2.35. The third-order valence-electron chi connectivity index (χ3n) is 5.42. The molecule has 1 atom stereocenters. The van der Waals surface area contributed by atoms with Crippen LogP contribution in [-0.2, 0) is 11.3 Å². The molecule has 3 rings (SSSR count). The molecule has 0 aromatic heterocycles. The van der Waals surface area contributed by atoms with Gasteiger partial charge in [-0.05, 0) is 55.4 Å². The molecular weight excluding hydrogens is 455 g/mol. The van der Waals surface area contributed by atoms with Crippen molar-refractivity contribution < 1.29 is 9.59 Å². The van der Waals surface area contributed by atoms with Crippen molar-refractivity contribution in [2.24, 2.45) is 5.41 Å². The number of ketones is 1. The summed E-state index contributed by atoms with van der Waals surface area (Å²) in [6, 6.07) is 10.4. The first-order chi connectivity index (χ1) is 14.4. The van der Waals surface area contributed by atoms with Crippen molar-refractivity contribution in [2.45, 2.75) is 46.2 Å². The Hall–Kier alpha value is -2.01. The maximum absolute atomic E-state index is 13.4. The Labute approximate surface area is 198 Å². The van der Waals surface area contributed by atoms with E-state index in [0.717, 1.165) is 5.56 Å². The molecule has 0 unspecified atom stereocenters. The zero-order valence-corrected chi connectivity index (χ0v) is 20.2. The predicted octanol–water partition coefficient (Wildman–Crippen LogP) is 6.99. The molecule has 0 bridgehead atoms. The van der Waals surface area contributed by atoms with Gasteiger partial charge in [-0.15, -0.1) is 0 Å². The molecule has 1 amide bonds. The Balaban J connectivity index is 1.85. The number of halogens is 3. The van der Waals surface area contributed by atoms with Crippen molar-refractivity contribution in [2.75, 3.05) is 5.32 Å². The van der Waals surface area contributed by atoms with Crippen molar-refractivity contribution in [3.63, 3.8) is 0 Å². The van der Waals surface area contributed by atoms with Gasteiger partial charge in [-0.3, -0.25) is 9.59 Å². The molecular formula is C24H25Cl3N2O2. The Kier molecular flexibility index (Phi) is 6.75. The number of benzene rings is 2. The SMILES string of the molecule is CC(C)(C)C(=O)c1cc(Cl)ccc1NC(=O)[C@@]1(C)CC=CN1Cc1ccc(Cl)c(Cl)c1. The molecule has 164 valence electrons. The Morgan fingerprint density at radius 1 is 1.06 bits per heavy atom. The van der Waals surface area contributed by atoms with Crippen LogP contribution in [0.4, 0.5) is 5.69 Å². The number of nitrogens with zero attached hydrogens (tertiary/aromatic N) is 1. The number of rotatable bonds is 5. The minimum atomic E-state index is -0.826. The average Bonchev–Trinajstić information content (AvgIpc) is 3.06. The summed E-state index contributed by atoms with van der Waals surface area (Å²) in [4.78, 5) is 28.3. The van der Waals surface area contributed by atoms with Crippen molar-refractivity contribution >= 4 is 52.2 Å². The third-order valence-corrected chi connectivity index (χ3v) is 6.39. The number of Topliss-reactive ketones (excluding diaryl/α,β-unsaturated/α-hetero) is 1. The summed E-state index contributed by atoms with van der Waals surface area (Å²) >= 11 is 18.3. The molecule has 31 heavy (non-hydrogen) atoms. The lowest BCUT2D eigenvalue weighted by Crippen LogP contribution is -2.49. The maximum Gasteiger partial charge on any atom is 0.250 e. The van der Waals surface area contributed by atoms with E-state index in [4.69, 9.17) is 34.8 Å². The first kappa shape index (κ1) is 23.6. The van der Waals surface area contributed by atoms with Gasteiger partial charge in [0.1, 0.15) is 5.54 Å². The summed E-state index contributed by atoms with van der Waals surface area (Å²) in [6.45, 7) is 7.88. The van der Waals surface area contributed by atoms with E-state index in [1.807, 2.05) is 50.9 Å². The predicted molar refractivity (Wildman–Crippen MR) is 128 cm³/mol. The van der Waals surface area contributed by atoms with E-state index < -0.39 is 11.0 Å². The first-order valence-electron chi connectivity index (χ1n) is 9.95. The quantitative estimate of drug-likeness (QED) is 0.470. The van der Waals surface area contributed by atoms with Crippen molar-refractivity contribution in [1.82, 2.24) is 4.90 Å². The standard InChI is InChI=1S/C24H25Cl3N2O2/c1-23(2,3)21(30)17-13-16(25)7-9-20(17)28-22(31)24(4)10-5-11-29(24)14-15-6-8-18(26)19(27)12-15/h5-9,11-13H,10,14H2,1-4H3,(H,28,31)/t24-/m1/s1. The molecule has 0 saturated carbocycles. The van der Waals surface area contributed by atoms with Crippen LogP contribution >= 0.6 is 34.8 Å². The van der Waals surface area contributed by atoms with Gasteiger partial charge in [0.2, 0.25) is 5.91 Å². The lowest BCUT2D eigenvalue weighted by molar-refractivity contribution is -0.125. The number of hydrogen-bond acceptors (Lipinski definition) is 3. The number of amides is 1. The second-order valence-corrected chi connectivity index (χ2v) is 10.2. The van der Waals surface area contributed by atoms with Gasteiger partial charge in [-0.25, -0.2) is 0 Å². The zero-order valence-electron chi connectivity index (χ0n) is 17.9. The molecule has 0 aliphatic carbocycles. The highest BCUT2D eigenvalue weighted by molar-refractivity contribution is 6.42. The average molecular weight is 480 g/mol. The molecule has 1 N–H and O–H groups in total. The molecule has 0 spiro atoms. The summed E-state index contributed by atoms with van der Waals surface area (Å²) in [7, 11) is 0. The van der Waals surface area contributed by atoms with Crippen LogP contribution in [0, 0.1) is 5.41 Å². The van der Waals surface area contributed by atoms with E-state index in [2.05, 4.69) is 5.32 Å². The minimum absolute atomic E-state index is 0.0901. The van der Waals surface area contributed by atoms with Gasteiger partial charge < -0.3 is 10.2 Å². The fourth-order valence-electron chi connectivity index (χ4n) is 3.45. The molecule has 2 aromatic carbocycles. The topological polar surface area (TPSA) is 49.4 Å². The van der Waals surface area contributed by atoms with Crippen molar-refractivity contribution in [3.8, 4) is 0 Å².